The normalized spacial score (nSPS) is 16.3. The van der Waals surface area contributed by atoms with Crippen molar-refractivity contribution in [1.82, 2.24) is 9.97 Å². The quantitative estimate of drug-likeness (QED) is 0.535. The van der Waals surface area contributed by atoms with E-state index >= 15 is 0 Å². The van der Waals surface area contributed by atoms with Gasteiger partial charge in [0.15, 0.2) is 0 Å². The van der Waals surface area contributed by atoms with E-state index in [2.05, 4.69) is 39.3 Å². The number of H-pyrrole nitrogens is 1. The maximum atomic E-state index is 13.1. The molecule has 2 aliphatic heterocycles. The highest BCUT2D eigenvalue weighted by atomic mass is 16.2. The minimum Gasteiger partial charge on any atom is -0.412 e. The summed E-state index contributed by atoms with van der Waals surface area (Å²) in [5.41, 5.74) is 4.67. The van der Waals surface area contributed by atoms with Crippen LogP contribution >= 0.6 is 0 Å². The molecule has 5 N–H and O–H groups in total. The molecule has 0 bridgehead atoms. The highest BCUT2D eigenvalue weighted by Gasteiger charge is 2.35. The van der Waals surface area contributed by atoms with Crippen LogP contribution in [0.1, 0.15) is 41.5 Å². The third kappa shape index (κ3) is 4.71. The Hall–Kier alpha value is -4.24. The van der Waals surface area contributed by atoms with Crippen molar-refractivity contribution in [2.24, 2.45) is 0 Å². The highest BCUT2D eigenvalue weighted by molar-refractivity contribution is 6.04. The number of carbonyl (C=O) groups excluding carboxylic acids is 2. The van der Waals surface area contributed by atoms with Crippen molar-refractivity contribution in [3.63, 3.8) is 0 Å². The molecule has 9 nitrogen and oxygen atoms in total. The highest BCUT2D eigenvalue weighted by Crippen LogP contribution is 2.31. The first kappa shape index (κ1) is 23.9. The lowest BCUT2D eigenvalue weighted by molar-refractivity contribution is -0.123. The van der Waals surface area contributed by atoms with Crippen molar-refractivity contribution in [3.05, 3.63) is 87.7 Å². The summed E-state index contributed by atoms with van der Waals surface area (Å²) in [6.45, 7) is 7.11. The van der Waals surface area contributed by atoms with Gasteiger partial charge in [0.05, 0.1) is 11.5 Å². The summed E-state index contributed by atoms with van der Waals surface area (Å²) >= 11 is 0. The van der Waals surface area contributed by atoms with Gasteiger partial charge in [-0.3, -0.25) is 19.4 Å². The van der Waals surface area contributed by atoms with E-state index in [0.29, 0.717) is 24.7 Å². The van der Waals surface area contributed by atoms with Gasteiger partial charge in [0.25, 0.3) is 5.56 Å². The molecule has 2 aliphatic rings. The summed E-state index contributed by atoms with van der Waals surface area (Å²) in [4.78, 5) is 47.9. The number of amides is 2. The van der Waals surface area contributed by atoms with Crippen molar-refractivity contribution < 1.29 is 15.1 Å². The summed E-state index contributed by atoms with van der Waals surface area (Å²) in [5.74, 6) is -1.18. The molecule has 2 amide bonds. The number of allylic oxidation sites excluding steroid dienone is 1. The van der Waals surface area contributed by atoms with E-state index in [1.165, 1.54) is 11.1 Å². The average molecular weight is 474 g/mol. The second-order valence-corrected chi connectivity index (χ2v) is 8.74. The summed E-state index contributed by atoms with van der Waals surface area (Å²) in [5, 5.41) is 5.50. The van der Waals surface area contributed by atoms with Crippen molar-refractivity contribution in [2.45, 2.75) is 32.2 Å². The number of hydrogen-bond acceptors (Lipinski definition) is 5. The Morgan fingerprint density at radius 2 is 1.83 bits per heavy atom. The molecule has 0 fully saturated rings. The van der Waals surface area contributed by atoms with Crippen LogP contribution in [0.3, 0.4) is 0 Å². The fourth-order valence-electron chi connectivity index (χ4n) is 4.48. The van der Waals surface area contributed by atoms with E-state index in [9.17, 15) is 14.4 Å². The van der Waals surface area contributed by atoms with Gasteiger partial charge in [-0.25, -0.2) is 0 Å². The van der Waals surface area contributed by atoms with Gasteiger partial charge >= 0.3 is 0 Å². The molecule has 35 heavy (non-hydrogen) atoms. The van der Waals surface area contributed by atoms with E-state index in [1.54, 1.807) is 12.1 Å². The molecular formula is C26H27N5O4. The van der Waals surface area contributed by atoms with Gasteiger partial charge in [-0.1, -0.05) is 48.6 Å². The Kier molecular flexibility index (Phi) is 6.52. The van der Waals surface area contributed by atoms with Crippen LogP contribution < -0.4 is 21.1 Å². The zero-order valence-corrected chi connectivity index (χ0v) is 19.4. The SMILES string of the molecule is C=C(C)c1ccc(NC(=O)C2CC(=O)Nc3nc(N4CCc5ccccc5C4)[nH]c(=O)c32)cc1.O. The molecule has 5 rings (SSSR count). The van der Waals surface area contributed by atoms with Gasteiger partial charge in [-0.2, -0.15) is 4.98 Å². The van der Waals surface area contributed by atoms with Crippen LogP contribution in [0.2, 0.25) is 0 Å². The summed E-state index contributed by atoms with van der Waals surface area (Å²) in [6.07, 6.45) is 0.711. The van der Waals surface area contributed by atoms with Crippen molar-refractivity contribution in [3.8, 4) is 0 Å². The maximum Gasteiger partial charge on any atom is 0.258 e. The lowest BCUT2D eigenvalue weighted by atomic mass is 9.92. The Morgan fingerprint density at radius 3 is 2.54 bits per heavy atom. The van der Waals surface area contributed by atoms with Gasteiger partial charge in [0.1, 0.15) is 5.82 Å². The number of anilines is 3. The number of aromatic amines is 1. The minimum atomic E-state index is -0.933. The summed E-state index contributed by atoms with van der Waals surface area (Å²) in [6, 6.07) is 15.4. The van der Waals surface area contributed by atoms with E-state index in [-0.39, 0.29) is 29.2 Å². The van der Waals surface area contributed by atoms with Crippen LogP contribution in [0.5, 0.6) is 0 Å². The van der Waals surface area contributed by atoms with Crippen LogP contribution in [-0.4, -0.2) is 33.8 Å². The topological polar surface area (TPSA) is 139 Å². The van der Waals surface area contributed by atoms with Crippen LogP contribution in [-0.2, 0) is 22.6 Å². The van der Waals surface area contributed by atoms with E-state index in [0.717, 1.165) is 17.6 Å². The molecule has 1 atom stereocenters. The molecule has 0 spiro atoms. The fourth-order valence-corrected chi connectivity index (χ4v) is 4.48. The number of fused-ring (bicyclic) bond motifs is 2. The lowest BCUT2D eigenvalue weighted by Crippen LogP contribution is -2.38. The van der Waals surface area contributed by atoms with Crippen LogP contribution in [0.15, 0.2) is 59.9 Å². The third-order valence-electron chi connectivity index (χ3n) is 6.33. The van der Waals surface area contributed by atoms with E-state index < -0.39 is 17.4 Å². The molecule has 180 valence electrons. The van der Waals surface area contributed by atoms with Crippen molar-refractivity contribution in [1.29, 1.82) is 0 Å². The zero-order chi connectivity index (χ0) is 23.8. The molecule has 3 aromatic rings. The number of rotatable bonds is 4. The molecule has 0 saturated carbocycles. The van der Waals surface area contributed by atoms with Crippen LogP contribution in [0.4, 0.5) is 17.5 Å². The number of nitrogens with one attached hydrogen (secondary N) is 3. The second-order valence-electron chi connectivity index (χ2n) is 8.74. The lowest BCUT2D eigenvalue weighted by Gasteiger charge is -2.30. The Morgan fingerprint density at radius 1 is 1.11 bits per heavy atom. The Balaban J connectivity index is 0.00000289. The third-order valence-corrected chi connectivity index (χ3v) is 6.33. The summed E-state index contributed by atoms with van der Waals surface area (Å²) in [7, 11) is 0. The van der Waals surface area contributed by atoms with Gasteiger partial charge in [-0.15, -0.1) is 0 Å². The number of aromatic nitrogens is 2. The van der Waals surface area contributed by atoms with E-state index in [4.69, 9.17) is 0 Å². The molecule has 0 saturated heterocycles. The Labute approximate surface area is 202 Å². The average Bonchev–Trinajstić information content (AvgIpc) is 2.83. The standard InChI is InChI=1S/C26H25N5O3.H2O/c1-15(2)16-7-9-19(10-8-16)27-24(33)20-13-21(32)28-23-22(20)25(34)30-26(29-23)31-12-11-17-5-3-4-6-18(17)14-31;/h3-10,20H,1,11-14H2,2H3,(H,27,33)(H2,28,29,30,32,34);1H2. The van der Waals surface area contributed by atoms with Gasteiger partial charge in [-0.05, 0) is 42.2 Å². The first-order chi connectivity index (χ1) is 16.4. The summed E-state index contributed by atoms with van der Waals surface area (Å²) < 4.78 is 0. The molecule has 1 unspecified atom stereocenters. The first-order valence-electron chi connectivity index (χ1n) is 11.2. The smallest absolute Gasteiger partial charge is 0.258 e. The second kappa shape index (κ2) is 9.55. The first-order valence-corrected chi connectivity index (χ1v) is 11.2. The van der Waals surface area contributed by atoms with Gasteiger partial charge in [0.2, 0.25) is 17.8 Å². The molecular weight excluding hydrogens is 446 g/mol. The van der Waals surface area contributed by atoms with E-state index in [1.807, 2.05) is 36.1 Å². The zero-order valence-electron chi connectivity index (χ0n) is 19.4. The maximum absolute atomic E-state index is 13.1. The van der Waals surface area contributed by atoms with Gasteiger partial charge < -0.3 is 21.0 Å². The fraction of sp³-hybridized carbons (Fsp3) is 0.231. The predicted molar refractivity (Wildman–Crippen MR) is 135 cm³/mol. The molecule has 9 heteroatoms. The molecule has 0 aliphatic carbocycles. The molecule has 1 aromatic heterocycles. The molecule has 0 radical (unpaired) electrons. The number of benzene rings is 2. The predicted octanol–water partition coefficient (Wildman–Crippen LogP) is 2.61. The minimum absolute atomic E-state index is 0. The van der Waals surface area contributed by atoms with Crippen molar-refractivity contribution >= 4 is 34.8 Å². The number of nitrogens with zero attached hydrogens (tertiary/aromatic N) is 2. The largest absolute Gasteiger partial charge is 0.412 e. The Bertz CT molecular complexity index is 1360. The van der Waals surface area contributed by atoms with Crippen LogP contribution in [0.25, 0.3) is 5.57 Å². The molecule has 2 aromatic carbocycles. The van der Waals surface area contributed by atoms with Crippen molar-refractivity contribution in [2.75, 3.05) is 22.1 Å². The molecule has 3 heterocycles. The van der Waals surface area contributed by atoms with Gasteiger partial charge in [0, 0.05) is 25.2 Å². The number of carbonyl (C=O) groups is 2. The van der Waals surface area contributed by atoms with Crippen LogP contribution in [0, 0.1) is 0 Å². The monoisotopic (exact) mass is 473 g/mol. The number of hydrogen-bond donors (Lipinski definition) is 3.